The Hall–Kier alpha value is -2.98. The van der Waals surface area contributed by atoms with Gasteiger partial charge in [0.15, 0.2) is 0 Å². The molecule has 148 valence electrons. The van der Waals surface area contributed by atoms with Crippen molar-refractivity contribution in [3.05, 3.63) is 58.1 Å². The molecule has 2 aromatic carbocycles. The molecule has 1 aliphatic rings. The standard InChI is InChI=1S/C18H21N5O4S/c1-13(14-4-6-15(19)7-5-14)20-21-17-9-8-16(12-18(17)23(24)25)28(26,27)22-10-2-3-11-22/h4-9,12,21H,2-3,10-11,19H2,1H3/b20-13-. The molecule has 3 rings (SSSR count). The largest absolute Gasteiger partial charge is 0.399 e. The van der Waals surface area contributed by atoms with E-state index in [0.717, 1.165) is 24.5 Å². The first-order valence-electron chi connectivity index (χ1n) is 8.74. The molecule has 0 aliphatic carbocycles. The van der Waals surface area contributed by atoms with Crippen molar-refractivity contribution < 1.29 is 13.3 Å². The second kappa shape index (κ2) is 7.95. The number of hydrogen-bond donors (Lipinski definition) is 2. The van der Waals surface area contributed by atoms with Crippen LogP contribution in [0, 0.1) is 10.1 Å². The fourth-order valence-corrected chi connectivity index (χ4v) is 4.47. The van der Waals surface area contributed by atoms with E-state index in [-0.39, 0.29) is 16.3 Å². The van der Waals surface area contributed by atoms with Gasteiger partial charge in [-0.2, -0.15) is 9.41 Å². The van der Waals surface area contributed by atoms with E-state index in [1.54, 1.807) is 31.2 Å². The van der Waals surface area contributed by atoms with Gasteiger partial charge in [0, 0.05) is 24.8 Å². The van der Waals surface area contributed by atoms with Crippen molar-refractivity contribution in [3.8, 4) is 0 Å². The van der Waals surface area contributed by atoms with Crippen molar-refractivity contribution in [3.63, 3.8) is 0 Å². The Morgan fingerprint density at radius 3 is 2.43 bits per heavy atom. The van der Waals surface area contributed by atoms with Gasteiger partial charge in [0.05, 0.1) is 15.5 Å². The summed E-state index contributed by atoms with van der Waals surface area (Å²) in [5.74, 6) is 0. The van der Waals surface area contributed by atoms with Crippen LogP contribution in [0.3, 0.4) is 0 Å². The average Bonchev–Trinajstić information content (AvgIpc) is 3.22. The van der Waals surface area contributed by atoms with Gasteiger partial charge in [-0.05, 0) is 49.6 Å². The number of hydrazone groups is 1. The van der Waals surface area contributed by atoms with Gasteiger partial charge >= 0.3 is 0 Å². The third-order valence-corrected chi connectivity index (χ3v) is 6.44. The minimum atomic E-state index is -3.74. The molecule has 1 fully saturated rings. The van der Waals surface area contributed by atoms with E-state index < -0.39 is 14.9 Å². The normalized spacial score (nSPS) is 15.5. The Bertz CT molecular complexity index is 1010. The molecule has 10 heteroatoms. The third kappa shape index (κ3) is 4.12. The van der Waals surface area contributed by atoms with Gasteiger partial charge in [0.1, 0.15) is 5.69 Å². The predicted octanol–water partition coefficient (Wildman–Crippen LogP) is 2.80. The molecule has 0 radical (unpaired) electrons. The molecule has 0 atom stereocenters. The topological polar surface area (TPSA) is 131 Å². The van der Waals surface area contributed by atoms with Gasteiger partial charge in [-0.1, -0.05) is 12.1 Å². The number of nitrogens with one attached hydrogen (secondary N) is 1. The van der Waals surface area contributed by atoms with Gasteiger partial charge in [0.25, 0.3) is 5.69 Å². The number of hydrogen-bond acceptors (Lipinski definition) is 7. The lowest BCUT2D eigenvalue weighted by molar-refractivity contribution is -0.384. The Morgan fingerprint density at radius 1 is 1.18 bits per heavy atom. The molecule has 1 aliphatic heterocycles. The maximum Gasteiger partial charge on any atom is 0.295 e. The van der Waals surface area contributed by atoms with Crippen LogP contribution in [0.15, 0.2) is 52.5 Å². The van der Waals surface area contributed by atoms with Gasteiger partial charge in [-0.25, -0.2) is 8.42 Å². The zero-order valence-corrected chi connectivity index (χ0v) is 16.1. The molecular formula is C18H21N5O4S. The minimum absolute atomic E-state index is 0.0918. The Balaban J connectivity index is 1.88. The summed E-state index contributed by atoms with van der Waals surface area (Å²) < 4.78 is 26.6. The van der Waals surface area contributed by atoms with Crippen LogP contribution in [0.4, 0.5) is 17.1 Å². The Labute approximate surface area is 163 Å². The molecule has 28 heavy (non-hydrogen) atoms. The van der Waals surface area contributed by atoms with Gasteiger partial charge < -0.3 is 5.73 Å². The number of nitro groups is 1. The second-order valence-electron chi connectivity index (χ2n) is 6.48. The van der Waals surface area contributed by atoms with Gasteiger partial charge in [-0.3, -0.25) is 15.5 Å². The average molecular weight is 403 g/mol. The minimum Gasteiger partial charge on any atom is -0.399 e. The smallest absolute Gasteiger partial charge is 0.295 e. The van der Waals surface area contributed by atoms with E-state index in [1.165, 1.54) is 16.4 Å². The molecule has 0 bridgehead atoms. The molecular weight excluding hydrogens is 382 g/mol. The zero-order valence-electron chi connectivity index (χ0n) is 15.3. The number of benzene rings is 2. The molecule has 1 saturated heterocycles. The van der Waals surface area contributed by atoms with Crippen LogP contribution in [0.25, 0.3) is 0 Å². The molecule has 0 spiro atoms. The fourth-order valence-electron chi connectivity index (χ4n) is 2.93. The molecule has 0 amide bonds. The number of rotatable bonds is 6. The summed E-state index contributed by atoms with van der Waals surface area (Å²) in [6.45, 7) is 2.61. The van der Waals surface area contributed by atoms with E-state index in [1.807, 2.05) is 0 Å². The molecule has 3 N–H and O–H groups in total. The Morgan fingerprint density at radius 2 is 1.82 bits per heavy atom. The van der Waals surface area contributed by atoms with Crippen molar-refractivity contribution in [2.24, 2.45) is 5.10 Å². The summed E-state index contributed by atoms with van der Waals surface area (Å²) in [5.41, 5.74) is 10.1. The highest BCUT2D eigenvalue weighted by molar-refractivity contribution is 7.89. The molecule has 0 aromatic heterocycles. The summed E-state index contributed by atoms with van der Waals surface area (Å²) in [5, 5.41) is 15.6. The summed E-state index contributed by atoms with van der Waals surface area (Å²) in [6.07, 6.45) is 1.58. The van der Waals surface area contributed by atoms with Crippen LogP contribution in [0.2, 0.25) is 0 Å². The number of nitro benzene ring substituents is 1. The summed E-state index contributed by atoms with van der Waals surface area (Å²) in [6, 6.07) is 10.8. The number of anilines is 2. The highest BCUT2D eigenvalue weighted by Crippen LogP contribution is 2.30. The van der Waals surface area contributed by atoms with Crippen molar-refractivity contribution >= 4 is 32.8 Å². The van der Waals surface area contributed by atoms with Crippen LogP contribution < -0.4 is 11.2 Å². The highest BCUT2D eigenvalue weighted by atomic mass is 32.2. The molecule has 1 heterocycles. The second-order valence-corrected chi connectivity index (χ2v) is 8.42. The molecule has 0 unspecified atom stereocenters. The predicted molar refractivity (Wildman–Crippen MR) is 108 cm³/mol. The van der Waals surface area contributed by atoms with Crippen molar-refractivity contribution in [1.29, 1.82) is 0 Å². The SMILES string of the molecule is C/C(=N/Nc1ccc(S(=O)(=O)N2CCCC2)cc1[N+](=O)[O-])c1ccc(N)cc1. The first-order chi connectivity index (χ1) is 13.3. The summed E-state index contributed by atoms with van der Waals surface area (Å²) in [4.78, 5) is 10.8. The number of nitrogens with two attached hydrogens (primary N) is 1. The fraction of sp³-hybridized carbons (Fsp3) is 0.278. The van der Waals surface area contributed by atoms with Crippen molar-refractivity contribution in [2.45, 2.75) is 24.7 Å². The maximum absolute atomic E-state index is 12.6. The summed E-state index contributed by atoms with van der Waals surface area (Å²) >= 11 is 0. The van der Waals surface area contributed by atoms with E-state index in [2.05, 4.69) is 10.5 Å². The lowest BCUT2D eigenvalue weighted by Gasteiger charge is -2.15. The van der Waals surface area contributed by atoms with Gasteiger partial charge in [0.2, 0.25) is 10.0 Å². The van der Waals surface area contributed by atoms with Gasteiger partial charge in [-0.15, -0.1) is 0 Å². The van der Waals surface area contributed by atoms with E-state index in [4.69, 9.17) is 5.73 Å². The first kappa shape index (κ1) is 19.8. The van der Waals surface area contributed by atoms with Crippen molar-refractivity contribution in [1.82, 2.24) is 4.31 Å². The van der Waals surface area contributed by atoms with E-state index in [0.29, 0.717) is 24.5 Å². The molecule has 0 saturated carbocycles. The van der Waals surface area contributed by atoms with Crippen LogP contribution in [-0.4, -0.2) is 36.4 Å². The van der Waals surface area contributed by atoms with Crippen LogP contribution in [0.5, 0.6) is 0 Å². The molecule has 9 nitrogen and oxygen atoms in total. The Kier molecular flexibility index (Phi) is 5.61. The molecule has 2 aromatic rings. The zero-order chi connectivity index (χ0) is 20.3. The number of nitrogens with zero attached hydrogens (tertiary/aromatic N) is 3. The lowest BCUT2D eigenvalue weighted by Crippen LogP contribution is -2.27. The lowest BCUT2D eigenvalue weighted by atomic mass is 10.1. The maximum atomic E-state index is 12.6. The quantitative estimate of drug-likeness (QED) is 0.330. The summed E-state index contributed by atoms with van der Waals surface area (Å²) in [7, 11) is -3.74. The monoisotopic (exact) mass is 403 g/mol. The third-order valence-electron chi connectivity index (χ3n) is 4.54. The number of nitrogen functional groups attached to an aromatic ring is 1. The highest BCUT2D eigenvalue weighted by Gasteiger charge is 2.29. The van der Waals surface area contributed by atoms with E-state index >= 15 is 0 Å². The first-order valence-corrected chi connectivity index (χ1v) is 10.2. The number of sulfonamides is 1. The van der Waals surface area contributed by atoms with Crippen LogP contribution in [0.1, 0.15) is 25.3 Å². The van der Waals surface area contributed by atoms with Crippen LogP contribution >= 0.6 is 0 Å². The van der Waals surface area contributed by atoms with E-state index in [9.17, 15) is 18.5 Å². The van der Waals surface area contributed by atoms with Crippen molar-refractivity contribution in [2.75, 3.05) is 24.2 Å². The van der Waals surface area contributed by atoms with Crippen LogP contribution in [-0.2, 0) is 10.0 Å².